The zero-order valence-corrected chi connectivity index (χ0v) is 16.6. The molecule has 30 heavy (non-hydrogen) atoms. The lowest BCUT2D eigenvalue weighted by atomic mass is 10.1. The maximum absolute atomic E-state index is 11.7. The quantitative estimate of drug-likeness (QED) is 0.444. The number of carbonyl (C=O) groups is 1. The smallest absolute Gasteiger partial charge is 0.348 e. The predicted octanol–water partition coefficient (Wildman–Crippen LogP) is 5.63. The molecule has 1 N–H and O–H groups in total. The van der Waals surface area contributed by atoms with Crippen molar-refractivity contribution in [2.45, 2.75) is 6.61 Å². The lowest BCUT2D eigenvalue weighted by Gasteiger charge is -2.09. The molecule has 6 heteroatoms. The summed E-state index contributed by atoms with van der Waals surface area (Å²) in [6, 6.07) is 26.2. The Labute approximate surface area is 177 Å². The van der Waals surface area contributed by atoms with Crippen LogP contribution >= 0.6 is 11.3 Å². The van der Waals surface area contributed by atoms with Crippen LogP contribution in [-0.2, 0) is 6.61 Å². The van der Waals surface area contributed by atoms with Gasteiger partial charge >= 0.3 is 5.97 Å². The first-order chi connectivity index (χ1) is 14.7. The van der Waals surface area contributed by atoms with Gasteiger partial charge in [-0.3, -0.25) is 0 Å². The van der Waals surface area contributed by atoms with Gasteiger partial charge in [0.05, 0.1) is 11.3 Å². The highest BCUT2D eigenvalue weighted by molar-refractivity contribution is 7.17. The van der Waals surface area contributed by atoms with Crippen molar-refractivity contribution >= 4 is 17.3 Å². The van der Waals surface area contributed by atoms with Crippen molar-refractivity contribution in [3.63, 3.8) is 0 Å². The normalized spacial score (nSPS) is 10.4. The molecule has 0 amide bonds. The molecule has 0 saturated heterocycles. The van der Waals surface area contributed by atoms with Gasteiger partial charge in [-0.2, -0.15) is 5.26 Å². The molecule has 146 valence electrons. The molecule has 5 nitrogen and oxygen atoms in total. The highest BCUT2D eigenvalue weighted by atomic mass is 32.1. The summed E-state index contributed by atoms with van der Waals surface area (Å²) in [5.74, 6) is -0.552. The number of rotatable bonds is 6. The van der Waals surface area contributed by atoms with Gasteiger partial charge in [0.25, 0.3) is 0 Å². The van der Waals surface area contributed by atoms with Crippen LogP contribution in [0.1, 0.15) is 20.8 Å². The van der Waals surface area contributed by atoms with Gasteiger partial charge in [-0.05, 0) is 23.8 Å². The number of carboxylic acid groups (broad SMARTS) is 1. The van der Waals surface area contributed by atoms with Gasteiger partial charge in [0.15, 0.2) is 0 Å². The first-order valence-corrected chi connectivity index (χ1v) is 9.98. The van der Waals surface area contributed by atoms with E-state index in [0.717, 1.165) is 22.5 Å². The summed E-state index contributed by atoms with van der Waals surface area (Å²) in [4.78, 5) is 16.5. The van der Waals surface area contributed by atoms with Gasteiger partial charge in [-0.15, -0.1) is 11.3 Å². The first kappa shape index (κ1) is 19.4. The summed E-state index contributed by atoms with van der Waals surface area (Å²) >= 11 is 1.09. The van der Waals surface area contributed by atoms with Gasteiger partial charge in [0.2, 0.25) is 0 Å². The van der Waals surface area contributed by atoms with Gasteiger partial charge in [0.1, 0.15) is 28.3 Å². The predicted molar refractivity (Wildman–Crippen MR) is 115 cm³/mol. The molecule has 0 aliphatic rings. The second kappa shape index (κ2) is 8.60. The number of benzene rings is 3. The standard InChI is InChI=1S/C24H16N2O3S/c25-14-19-13-18(11-12-20(19)29-15-16-7-3-1-4-8-16)23-26-21(22(30-23)24(27)28)17-9-5-2-6-10-17/h1-13H,15H2,(H,27,28). The molecule has 0 aliphatic carbocycles. The number of thiazole rings is 1. The first-order valence-electron chi connectivity index (χ1n) is 9.16. The minimum Gasteiger partial charge on any atom is -0.488 e. The number of hydrogen-bond donors (Lipinski definition) is 1. The van der Waals surface area contributed by atoms with E-state index < -0.39 is 5.97 Å². The van der Waals surface area contributed by atoms with Crippen molar-refractivity contribution in [2.75, 3.05) is 0 Å². The molecule has 4 aromatic rings. The van der Waals surface area contributed by atoms with E-state index in [2.05, 4.69) is 11.1 Å². The Morgan fingerprint density at radius 1 is 1.00 bits per heavy atom. The third kappa shape index (κ3) is 4.07. The van der Waals surface area contributed by atoms with E-state index in [4.69, 9.17) is 4.74 Å². The van der Waals surface area contributed by atoms with Crippen molar-refractivity contribution in [3.05, 3.63) is 94.9 Å². The maximum Gasteiger partial charge on any atom is 0.348 e. The second-order valence-corrected chi connectivity index (χ2v) is 7.46. The largest absolute Gasteiger partial charge is 0.488 e. The molecular formula is C24H16N2O3S. The molecule has 0 saturated carbocycles. The fourth-order valence-corrected chi connectivity index (χ4v) is 3.91. The van der Waals surface area contributed by atoms with E-state index >= 15 is 0 Å². The van der Waals surface area contributed by atoms with Crippen LogP contribution in [0.2, 0.25) is 0 Å². The number of nitriles is 1. The zero-order chi connectivity index (χ0) is 20.9. The fourth-order valence-electron chi connectivity index (χ4n) is 2.99. The van der Waals surface area contributed by atoms with E-state index in [1.807, 2.05) is 60.7 Å². The Hall–Kier alpha value is -3.95. The molecule has 0 unspecified atom stereocenters. The van der Waals surface area contributed by atoms with Crippen LogP contribution < -0.4 is 4.74 Å². The highest BCUT2D eigenvalue weighted by Gasteiger charge is 2.20. The second-order valence-electron chi connectivity index (χ2n) is 6.46. The molecular weight excluding hydrogens is 396 g/mol. The molecule has 0 bridgehead atoms. The van der Waals surface area contributed by atoms with Crippen LogP contribution in [0.5, 0.6) is 5.75 Å². The van der Waals surface area contributed by atoms with Gasteiger partial charge in [-0.1, -0.05) is 60.7 Å². The van der Waals surface area contributed by atoms with E-state index in [9.17, 15) is 15.2 Å². The van der Waals surface area contributed by atoms with E-state index in [-0.39, 0.29) is 4.88 Å². The molecule has 0 aliphatic heterocycles. The fraction of sp³-hybridized carbons (Fsp3) is 0.0417. The van der Waals surface area contributed by atoms with Gasteiger partial charge in [-0.25, -0.2) is 9.78 Å². The number of hydrogen-bond acceptors (Lipinski definition) is 5. The Bertz CT molecular complexity index is 1230. The van der Waals surface area contributed by atoms with Crippen molar-refractivity contribution in [1.82, 2.24) is 4.98 Å². The highest BCUT2D eigenvalue weighted by Crippen LogP contribution is 2.35. The average Bonchev–Trinajstić information content (AvgIpc) is 3.25. The topological polar surface area (TPSA) is 83.2 Å². The molecule has 1 aromatic heterocycles. The third-order valence-corrected chi connectivity index (χ3v) is 5.55. The van der Waals surface area contributed by atoms with Crippen LogP contribution in [0, 0.1) is 11.3 Å². The van der Waals surface area contributed by atoms with E-state index in [1.165, 1.54) is 0 Å². The van der Waals surface area contributed by atoms with Gasteiger partial charge < -0.3 is 9.84 Å². The van der Waals surface area contributed by atoms with E-state index in [0.29, 0.717) is 34.2 Å². The summed E-state index contributed by atoms with van der Waals surface area (Å²) in [6.45, 7) is 0.355. The Morgan fingerprint density at radius 3 is 2.37 bits per heavy atom. The maximum atomic E-state index is 11.7. The van der Waals surface area contributed by atoms with Crippen LogP contribution in [0.4, 0.5) is 0 Å². The summed E-state index contributed by atoms with van der Waals surface area (Å²) < 4.78 is 5.81. The third-order valence-electron chi connectivity index (χ3n) is 4.45. The Balaban J connectivity index is 1.66. The number of carboxylic acids is 1. The molecule has 3 aromatic carbocycles. The monoisotopic (exact) mass is 412 g/mol. The molecule has 0 spiro atoms. The summed E-state index contributed by atoms with van der Waals surface area (Å²) in [5, 5.41) is 19.7. The lowest BCUT2D eigenvalue weighted by molar-refractivity contribution is 0.0702. The van der Waals surface area contributed by atoms with Crippen molar-refractivity contribution in [3.8, 4) is 33.6 Å². The molecule has 4 rings (SSSR count). The minimum absolute atomic E-state index is 0.166. The van der Waals surface area contributed by atoms with Crippen LogP contribution in [0.25, 0.3) is 21.8 Å². The van der Waals surface area contributed by atoms with Crippen LogP contribution in [-0.4, -0.2) is 16.1 Å². The van der Waals surface area contributed by atoms with Crippen LogP contribution in [0.3, 0.4) is 0 Å². The van der Waals surface area contributed by atoms with E-state index in [1.54, 1.807) is 18.2 Å². The molecule has 1 heterocycles. The van der Waals surface area contributed by atoms with Crippen molar-refractivity contribution in [2.24, 2.45) is 0 Å². The lowest BCUT2D eigenvalue weighted by Crippen LogP contribution is -1.97. The number of aromatic carboxylic acids is 1. The number of aromatic nitrogens is 1. The molecule has 0 atom stereocenters. The van der Waals surface area contributed by atoms with Crippen LogP contribution in [0.15, 0.2) is 78.9 Å². The Morgan fingerprint density at radius 2 is 1.70 bits per heavy atom. The summed E-state index contributed by atoms with van der Waals surface area (Å²) in [5.41, 5.74) is 3.21. The zero-order valence-electron chi connectivity index (χ0n) is 15.8. The molecule has 0 fully saturated rings. The Kier molecular flexibility index (Phi) is 5.55. The van der Waals surface area contributed by atoms with Gasteiger partial charge in [0, 0.05) is 11.1 Å². The van der Waals surface area contributed by atoms with Crippen molar-refractivity contribution in [1.29, 1.82) is 5.26 Å². The average molecular weight is 412 g/mol. The molecule has 0 radical (unpaired) electrons. The number of ether oxygens (including phenoxy) is 1. The van der Waals surface area contributed by atoms with Crippen molar-refractivity contribution < 1.29 is 14.6 Å². The minimum atomic E-state index is -1.03. The number of nitrogens with zero attached hydrogens (tertiary/aromatic N) is 2. The SMILES string of the molecule is N#Cc1cc(-c2nc(-c3ccccc3)c(C(=O)O)s2)ccc1OCc1ccccc1. The summed E-state index contributed by atoms with van der Waals surface area (Å²) in [7, 11) is 0. The summed E-state index contributed by atoms with van der Waals surface area (Å²) in [6.07, 6.45) is 0.